The van der Waals surface area contributed by atoms with Crippen molar-refractivity contribution < 1.29 is 9.59 Å². The number of nitrogens with one attached hydrogen (secondary N) is 1. The summed E-state index contributed by atoms with van der Waals surface area (Å²) in [6.07, 6.45) is 0.357. The minimum atomic E-state index is -0.263. The third kappa shape index (κ3) is 5.04. The Labute approximate surface area is 144 Å². The second-order valence-corrected chi connectivity index (χ2v) is 6.70. The zero-order valence-corrected chi connectivity index (χ0v) is 14.8. The van der Waals surface area contributed by atoms with E-state index in [4.69, 9.17) is 5.73 Å². The molecule has 6 heteroatoms. The van der Waals surface area contributed by atoms with Gasteiger partial charge < -0.3 is 20.9 Å². The Morgan fingerprint density at radius 3 is 2.50 bits per heavy atom. The fraction of sp³-hybridized carbons (Fsp3) is 0.556. The Hall–Kier alpha value is -1.92. The summed E-state index contributed by atoms with van der Waals surface area (Å²) >= 11 is 0. The van der Waals surface area contributed by atoms with Gasteiger partial charge in [-0.1, -0.05) is 19.1 Å². The third-order valence-corrected chi connectivity index (χ3v) is 4.61. The van der Waals surface area contributed by atoms with Crippen LogP contribution in [0.1, 0.15) is 19.4 Å². The van der Waals surface area contributed by atoms with E-state index in [2.05, 4.69) is 17.3 Å². The van der Waals surface area contributed by atoms with Crippen molar-refractivity contribution in [1.29, 1.82) is 0 Å². The molecule has 24 heavy (non-hydrogen) atoms. The van der Waals surface area contributed by atoms with Gasteiger partial charge in [-0.2, -0.15) is 0 Å². The maximum atomic E-state index is 12.4. The minimum absolute atomic E-state index is 0.104. The third-order valence-electron chi connectivity index (χ3n) is 4.61. The predicted molar refractivity (Wildman–Crippen MR) is 95.7 cm³/mol. The summed E-state index contributed by atoms with van der Waals surface area (Å²) in [5.41, 5.74) is 7.38. The highest BCUT2D eigenvalue weighted by Crippen LogP contribution is 2.14. The molecule has 3 N–H and O–H groups in total. The smallest absolute Gasteiger partial charge is 0.228 e. The topological polar surface area (TPSA) is 78.7 Å². The van der Waals surface area contributed by atoms with Gasteiger partial charge in [0.25, 0.3) is 0 Å². The lowest BCUT2D eigenvalue weighted by molar-refractivity contribution is -0.132. The van der Waals surface area contributed by atoms with Crippen LogP contribution in [-0.4, -0.2) is 60.9 Å². The molecule has 0 spiro atoms. The molecule has 0 bridgehead atoms. The molecule has 0 aliphatic carbocycles. The normalized spacial score (nSPS) is 18.1. The highest BCUT2D eigenvalue weighted by molar-refractivity contribution is 5.93. The van der Waals surface area contributed by atoms with E-state index in [1.54, 1.807) is 6.92 Å². The predicted octanol–water partition coefficient (Wildman–Crippen LogP) is 0.925. The van der Waals surface area contributed by atoms with Gasteiger partial charge in [0.15, 0.2) is 0 Å². The van der Waals surface area contributed by atoms with E-state index in [1.165, 1.54) is 0 Å². The summed E-state index contributed by atoms with van der Waals surface area (Å²) in [6, 6.07) is 7.26. The van der Waals surface area contributed by atoms with Gasteiger partial charge in [0, 0.05) is 37.9 Å². The number of carbonyl (C=O) groups excluding carboxylic acids is 2. The Morgan fingerprint density at radius 2 is 1.88 bits per heavy atom. The number of carbonyl (C=O) groups is 2. The molecular formula is C18H28N4O2. The van der Waals surface area contributed by atoms with Gasteiger partial charge in [-0.25, -0.2) is 0 Å². The van der Waals surface area contributed by atoms with E-state index < -0.39 is 0 Å². The molecule has 1 aromatic carbocycles. The maximum Gasteiger partial charge on any atom is 0.228 e. The number of piperazine rings is 1. The first-order chi connectivity index (χ1) is 11.4. The first-order valence-electron chi connectivity index (χ1n) is 8.48. The van der Waals surface area contributed by atoms with Crippen LogP contribution in [0.25, 0.3) is 0 Å². The van der Waals surface area contributed by atoms with Crippen molar-refractivity contribution in [3.05, 3.63) is 29.8 Å². The number of rotatable bonds is 5. The molecule has 0 aromatic heterocycles. The summed E-state index contributed by atoms with van der Waals surface area (Å²) in [7, 11) is 2.07. The van der Waals surface area contributed by atoms with Crippen LogP contribution in [0.2, 0.25) is 0 Å². The second kappa shape index (κ2) is 8.26. The Balaban J connectivity index is 1.95. The van der Waals surface area contributed by atoms with Gasteiger partial charge in [-0.05, 0) is 31.7 Å². The van der Waals surface area contributed by atoms with Crippen molar-refractivity contribution in [3.63, 3.8) is 0 Å². The Morgan fingerprint density at radius 1 is 1.21 bits per heavy atom. The summed E-state index contributed by atoms with van der Waals surface area (Å²) in [5.74, 6) is -0.233. The van der Waals surface area contributed by atoms with Crippen LogP contribution in [0.4, 0.5) is 5.69 Å². The van der Waals surface area contributed by atoms with E-state index in [9.17, 15) is 9.59 Å². The minimum Gasteiger partial charge on any atom is -0.340 e. The van der Waals surface area contributed by atoms with Crippen molar-refractivity contribution in [1.82, 2.24) is 9.80 Å². The van der Waals surface area contributed by atoms with Crippen LogP contribution in [0.15, 0.2) is 24.3 Å². The van der Waals surface area contributed by atoms with Crippen LogP contribution < -0.4 is 11.1 Å². The van der Waals surface area contributed by atoms with Crippen molar-refractivity contribution in [2.24, 2.45) is 11.7 Å². The standard InChI is InChI=1S/C18H28N4O2/c1-13(14(2)19)18(24)20-16-6-4-5-15(11-16)12-17(23)22-9-7-21(3)8-10-22/h4-6,11,13-14H,7-10,12,19H2,1-3H3,(H,20,24). The summed E-state index contributed by atoms with van der Waals surface area (Å²) < 4.78 is 0. The lowest BCUT2D eigenvalue weighted by Crippen LogP contribution is -2.47. The monoisotopic (exact) mass is 332 g/mol. The van der Waals surface area contributed by atoms with E-state index in [1.807, 2.05) is 36.1 Å². The van der Waals surface area contributed by atoms with Crippen LogP contribution in [0.5, 0.6) is 0 Å². The number of benzene rings is 1. The molecule has 0 saturated carbocycles. The molecule has 1 heterocycles. The van der Waals surface area contributed by atoms with Gasteiger partial charge in [0.05, 0.1) is 12.3 Å². The number of hydrogen-bond donors (Lipinski definition) is 2. The van der Waals surface area contributed by atoms with Crippen LogP contribution in [-0.2, 0) is 16.0 Å². The first-order valence-corrected chi connectivity index (χ1v) is 8.48. The zero-order valence-electron chi connectivity index (χ0n) is 14.8. The summed E-state index contributed by atoms with van der Waals surface area (Å²) in [6.45, 7) is 7.00. The first kappa shape index (κ1) is 18.4. The molecule has 1 saturated heterocycles. The number of amides is 2. The average molecular weight is 332 g/mol. The maximum absolute atomic E-state index is 12.4. The van der Waals surface area contributed by atoms with E-state index in [0.29, 0.717) is 12.1 Å². The van der Waals surface area contributed by atoms with Gasteiger partial charge in [-0.3, -0.25) is 9.59 Å². The summed E-state index contributed by atoms with van der Waals surface area (Å²) in [5, 5.41) is 2.87. The number of likely N-dealkylation sites (N-methyl/N-ethyl adjacent to an activating group) is 1. The van der Waals surface area contributed by atoms with E-state index in [-0.39, 0.29) is 23.8 Å². The van der Waals surface area contributed by atoms with Gasteiger partial charge in [0.2, 0.25) is 11.8 Å². The Bertz CT molecular complexity index is 580. The van der Waals surface area contributed by atoms with Gasteiger partial charge in [-0.15, -0.1) is 0 Å². The molecule has 2 atom stereocenters. The lowest BCUT2D eigenvalue weighted by Gasteiger charge is -2.32. The molecule has 1 aromatic rings. The molecule has 2 unspecified atom stereocenters. The highest BCUT2D eigenvalue weighted by atomic mass is 16.2. The van der Waals surface area contributed by atoms with Gasteiger partial charge >= 0.3 is 0 Å². The molecule has 132 valence electrons. The van der Waals surface area contributed by atoms with E-state index >= 15 is 0 Å². The van der Waals surface area contributed by atoms with E-state index in [0.717, 1.165) is 31.7 Å². The fourth-order valence-corrected chi connectivity index (χ4v) is 2.60. The molecular weight excluding hydrogens is 304 g/mol. The quantitative estimate of drug-likeness (QED) is 0.841. The number of nitrogens with two attached hydrogens (primary N) is 1. The number of nitrogens with zero attached hydrogens (tertiary/aromatic N) is 2. The molecule has 1 fully saturated rings. The Kier molecular flexibility index (Phi) is 6.34. The lowest BCUT2D eigenvalue weighted by atomic mass is 10.0. The van der Waals surface area contributed by atoms with Crippen LogP contribution in [0.3, 0.4) is 0 Å². The molecule has 2 amide bonds. The number of hydrogen-bond acceptors (Lipinski definition) is 4. The second-order valence-electron chi connectivity index (χ2n) is 6.70. The fourth-order valence-electron chi connectivity index (χ4n) is 2.60. The largest absolute Gasteiger partial charge is 0.340 e. The van der Waals surface area contributed by atoms with Crippen molar-refractivity contribution >= 4 is 17.5 Å². The molecule has 6 nitrogen and oxygen atoms in total. The molecule has 0 radical (unpaired) electrons. The number of anilines is 1. The van der Waals surface area contributed by atoms with Crippen molar-refractivity contribution in [3.8, 4) is 0 Å². The van der Waals surface area contributed by atoms with Crippen molar-refractivity contribution in [2.45, 2.75) is 26.3 Å². The zero-order chi connectivity index (χ0) is 17.7. The molecule has 1 aliphatic heterocycles. The molecule has 1 aliphatic rings. The SMILES string of the molecule is CC(N)C(C)C(=O)Nc1cccc(CC(=O)N2CCN(C)CC2)c1. The van der Waals surface area contributed by atoms with Crippen molar-refractivity contribution in [2.75, 3.05) is 38.5 Å². The van der Waals surface area contributed by atoms with Gasteiger partial charge in [0.1, 0.15) is 0 Å². The molecule has 2 rings (SSSR count). The van der Waals surface area contributed by atoms with Crippen LogP contribution in [0, 0.1) is 5.92 Å². The average Bonchev–Trinajstić information content (AvgIpc) is 2.54. The summed E-state index contributed by atoms with van der Waals surface area (Å²) in [4.78, 5) is 28.6. The highest BCUT2D eigenvalue weighted by Gasteiger charge is 2.20. The van der Waals surface area contributed by atoms with Crippen LogP contribution >= 0.6 is 0 Å².